The topological polar surface area (TPSA) is 47.6 Å². The maximum Gasteiger partial charge on any atom is 0.262 e. The second-order valence-corrected chi connectivity index (χ2v) is 4.48. The molecule has 1 N–H and O–H groups in total. The molecular formula is C16H16FNO3. The molecule has 2 aromatic rings. The zero-order valence-electron chi connectivity index (χ0n) is 11.9. The number of anilines is 1. The number of benzene rings is 2. The van der Waals surface area contributed by atoms with E-state index in [1.165, 1.54) is 6.07 Å². The quantitative estimate of drug-likeness (QED) is 0.919. The predicted molar refractivity (Wildman–Crippen MR) is 78.3 cm³/mol. The zero-order chi connectivity index (χ0) is 15.2. The van der Waals surface area contributed by atoms with Gasteiger partial charge in [0.2, 0.25) is 0 Å². The number of methoxy groups -OCH3 is 1. The SMILES string of the molecule is COc1ccc(NC(=O)COc2ccc(C)c(F)c2)cc1. The number of carbonyl (C=O) groups is 1. The number of hydrogen-bond acceptors (Lipinski definition) is 3. The highest BCUT2D eigenvalue weighted by Crippen LogP contribution is 2.17. The van der Waals surface area contributed by atoms with Gasteiger partial charge in [-0.05, 0) is 42.8 Å². The van der Waals surface area contributed by atoms with E-state index < -0.39 is 0 Å². The number of halogens is 1. The number of rotatable bonds is 5. The Hall–Kier alpha value is -2.56. The number of nitrogens with one attached hydrogen (secondary N) is 1. The van der Waals surface area contributed by atoms with Crippen molar-refractivity contribution in [1.82, 2.24) is 0 Å². The molecule has 21 heavy (non-hydrogen) atoms. The summed E-state index contributed by atoms with van der Waals surface area (Å²) in [6.07, 6.45) is 0. The van der Waals surface area contributed by atoms with Crippen molar-refractivity contribution in [3.05, 3.63) is 53.8 Å². The normalized spacial score (nSPS) is 10.0. The molecule has 0 atom stereocenters. The monoisotopic (exact) mass is 289 g/mol. The minimum atomic E-state index is -0.358. The first-order chi connectivity index (χ1) is 10.1. The van der Waals surface area contributed by atoms with E-state index in [9.17, 15) is 9.18 Å². The van der Waals surface area contributed by atoms with Crippen LogP contribution >= 0.6 is 0 Å². The van der Waals surface area contributed by atoms with Gasteiger partial charge < -0.3 is 14.8 Å². The highest BCUT2D eigenvalue weighted by atomic mass is 19.1. The van der Waals surface area contributed by atoms with E-state index in [1.54, 1.807) is 50.4 Å². The second-order valence-electron chi connectivity index (χ2n) is 4.48. The van der Waals surface area contributed by atoms with Crippen molar-refractivity contribution in [2.45, 2.75) is 6.92 Å². The molecule has 5 heteroatoms. The minimum absolute atomic E-state index is 0.186. The number of ether oxygens (including phenoxy) is 2. The number of amides is 1. The van der Waals surface area contributed by atoms with Crippen LogP contribution in [-0.4, -0.2) is 19.6 Å². The van der Waals surface area contributed by atoms with Crippen LogP contribution in [0.15, 0.2) is 42.5 Å². The Kier molecular flexibility index (Phi) is 4.77. The fraction of sp³-hybridized carbons (Fsp3) is 0.188. The molecule has 2 aromatic carbocycles. The maximum absolute atomic E-state index is 13.3. The van der Waals surface area contributed by atoms with Gasteiger partial charge in [0.15, 0.2) is 6.61 Å². The first kappa shape index (κ1) is 14.8. The van der Waals surface area contributed by atoms with Crippen LogP contribution in [0, 0.1) is 12.7 Å². The Bertz CT molecular complexity index is 626. The van der Waals surface area contributed by atoms with Crippen molar-refractivity contribution in [3.8, 4) is 11.5 Å². The van der Waals surface area contributed by atoms with E-state index in [4.69, 9.17) is 9.47 Å². The van der Waals surface area contributed by atoms with Gasteiger partial charge in [0.25, 0.3) is 5.91 Å². The Balaban J connectivity index is 1.87. The van der Waals surface area contributed by atoms with Crippen LogP contribution in [0.2, 0.25) is 0 Å². The molecule has 0 aliphatic rings. The molecule has 0 saturated heterocycles. The third kappa shape index (κ3) is 4.21. The van der Waals surface area contributed by atoms with Gasteiger partial charge in [-0.3, -0.25) is 4.79 Å². The van der Waals surface area contributed by atoms with Crippen molar-refractivity contribution < 1.29 is 18.7 Å². The smallest absolute Gasteiger partial charge is 0.262 e. The summed E-state index contributed by atoms with van der Waals surface area (Å²) in [6, 6.07) is 11.4. The summed E-state index contributed by atoms with van der Waals surface area (Å²) >= 11 is 0. The van der Waals surface area contributed by atoms with Crippen molar-refractivity contribution in [2.24, 2.45) is 0 Å². The van der Waals surface area contributed by atoms with Gasteiger partial charge in [-0.25, -0.2) is 4.39 Å². The van der Waals surface area contributed by atoms with E-state index >= 15 is 0 Å². The van der Waals surface area contributed by atoms with Gasteiger partial charge in [-0.15, -0.1) is 0 Å². The second kappa shape index (κ2) is 6.74. The minimum Gasteiger partial charge on any atom is -0.497 e. The summed E-state index contributed by atoms with van der Waals surface area (Å²) in [6.45, 7) is 1.48. The van der Waals surface area contributed by atoms with Crippen LogP contribution in [-0.2, 0) is 4.79 Å². The summed E-state index contributed by atoms with van der Waals surface area (Å²) in [5.41, 5.74) is 1.17. The molecule has 0 fully saturated rings. The lowest BCUT2D eigenvalue weighted by atomic mass is 10.2. The molecule has 4 nitrogen and oxygen atoms in total. The lowest BCUT2D eigenvalue weighted by Crippen LogP contribution is -2.20. The lowest BCUT2D eigenvalue weighted by molar-refractivity contribution is -0.118. The Morgan fingerprint density at radius 2 is 1.81 bits per heavy atom. The molecule has 0 radical (unpaired) electrons. The van der Waals surface area contributed by atoms with Crippen molar-refractivity contribution in [3.63, 3.8) is 0 Å². The van der Waals surface area contributed by atoms with Crippen LogP contribution in [0.1, 0.15) is 5.56 Å². The van der Waals surface area contributed by atoms with Crippen LogP contribution in [0.4, 0.5) is 10.1 Å². The Labute approximate surface area is 122 Å². The maximum atomic E-state index is 13.3. The molecule has 1 amide bonds. The summed E-state index contributed by atoms with van der Waals surface area (Å²) in [5, 5.41) is 2.68. The van der Waals surface area contributed by atoms with Crippen LogP contribution in [0.5, 0.6) is 11.5 Å². The van der Waals surface area contributed by atoms with E-state index in [-0.39, 0.29) is 18.3 Å². The molecule has 0 aromatic heterocycles. The average molecular weight is 289 g/mol. The van der Waals surface area contributed by atoms with Gasteiger partial charge in [0.05, 0.1) is 7.11 Å². The number of hydrogen-bond donors (Lipinski definition) is 1. The van der Waals surface area contributed by atoms with Gasteiger partial charge in [0, 0.05) is 11.8 Å². The van der Waals surface area contributed by atoms with E-state index in [0.29, 0.717) is 22.7 Å². The Morgan fingerprint density at radius 1 is 1.14 bits per heavy atom. The first-order valence-electron chi connectivity index (χ1n) is 6.41. The van der Waals surface area contributed by atoms with E-state index in [2.05, 4.69) is 5.32 Å². The molecule has 0 aliphatic carbocycles. The van der Waals surface area contributed by atoms with Crippen LogP contribution < -0.4 is 14.8 Å². The molecular weight excluding hydrogens is 273 g/mol. The molecule has 110 valence electrons. The van der Waals surface area contributed by atoms with Gasteiger partial charge in [-0.1, -0.05) is 6.07 Å². The zero-order valence-corrected chi connectivity index (χ0v) is 11.9. The predicted octanol–water partition coefficient (Wildman–Crippen LogP) is 3.16. The van der Waals surface area contributed by atoms with Crippen molar-refractivity contribution >= 4 is 11.6 Å². The highest BCUT2D eigenvalue weighted by molar-refractivity contribution is 5.91. The summed E-state index contributed by atoms with van der Waals surface area (Å²) in [7, 11) is 1.57. The third-order valence-corrected chi connectivity index (χ3v) is 2.89. The largest absolute Gasteiger partial charge is 0.497 e. The van der Waals surface area contributed by atoms with E-state index in [1.807, 2.05) is 0 Å². The van der Waals surface area contributed by atoms with Crippen molar-refractivity contribution in [1.29, 1.82) is 0 Å². The van der Waals surface area contributed by atoms with E-state index in [0.717, 1.165) is 0 Å². The summed E-state index contributed by atoms with van der Waals surface area (Å²) < 4.78 is 23.6. The molecule has 0 bridgehead atoms. The molecule has 0 spiro atoms. The average Bonchev–Trinajstić information content (AvgIpc) is 2.49. The standard InChI is InChI=1S/C16H16FNO3/c1-11-3-6-14(9-15(11)17)21-10-16(19)18-12-4-7-13(20-2)8-5-12/h3-9H,10H2,1-2H3,(H,18,19). The third-order valence-electron chi connectivity index (χ3n) is 2.89. The first-order valence-corrected chi connectivity index (χ1v) is 6.41. The fourth-order valence-corrected chi connectivity index (χ4v) is 1.68. The summed E-state index contributed by atoms with van der Waals surface area (Å²) in [5.74, 6) is 0.353. The molecule has 0 unspecified atom stereocenters. The van der Waals surface area contributed by atoms with Crippen LogP contribution in [0.25, 0.3) is 0 Å². The van der Waals surface area contributed by atoms with Gasteiger partial charge in [-0.2, -0.15) is 0 Å². The molecule has 2 rings (SSSR count). The van der Waals surface area contributed by atoms with Crippen LogP contribution in [0.3, 0.4) is 0 Å². The molecule has 0 aliphatic heterocycles. The fourth-order valence-electron chi connectivity index (χ4n) is 1.68. The highest BCUT2D eigenvalue weighted by Gasteiger charge is 2.05. The number of aryl methyl sites for hydroxylation is 1. The lowest BCUT2D eigenvalue weighted by Gasteiger charge is -2.08. The van der Waals surface area contributed by atoms with Crippen molar-refractivity contribution in [2.75, 3.05) is 19.0 Å². The molecule has 0 heterocycles. The molecule has 0 saturated carbocycles. The Morgan fingerprint density at radius 3 is 2.43 bits per heavy atom. The number of carbonyl (C=O) groups excluding carboxylic acids is 1. The van der Waals surface area contributed by atoms with Gasteiger partial charge in [0.1, 0.15) is 17.3 Å². The summed E-state index contributed by atoms with van der Waals surface area (Å²) in [4.78, 5) is 11.7. The van der Waals surface area contributed by atoms with Gasteiger partial charge >= 0.3 is 0 Å².